The summed E-state index contributed by atoms with van der Waals surface area (Å²) in [6, 6.07) is 15.5. The van der Waals surface area contributed by atoms with Crippen molar-refractivity contribution in [2.75, 3.05) is 23.3 Å². The molecule has 12 nitrogen and oxygen atoms in total. The number of ketones is 1. The number of amides is 4. The summed E-state index contributed by atoms with van der Waals surface area (Å²) in [6.45, 7) is 10.3. The molecule has 0 bridgehead atoms. The zero-order valence-electron chi connectivity index (χ0n) is 36.1. The molecule has 2 atom stereocenters. The van der Waals surface area contributed by atoms with E-state index >= 15 is 0 Å². The van der Waals surface area contributed by atoms with Crippen molar-refractivity contribution in [1.29, 1.82) is 5.26 Å². The zero-order chi connectivity index (χ0) is 44.6. The van der Waals surface area contributed by atoms with Crippen LogP contribution in [0.5, 0.6) is 5.75 Å². The van der Waals surface area contributed by atoms with Crippen LogP contribution in [0.2, 0.25) is 5.02 Å². The number of carbonyl (C=O) groups excluding carboxylic acids is 5. The molecule has 2 aromatic carbocycles. The minimum absolute atomic E-state index is 0.0389. The Balaban J connectivity index is 0.855. The number of allylic oxidation sites excluding steroid dienone is 1. The number of aryl methyl sites for hydroxylation is 1. The van der Waals surface area contributed by atoms with E-state index < -0.39 is 29.7 Å². The highest BCUT2D eigenvalue weighted by atomic mass is 35.5. The van der Waals surface area contributed by atoms with E-state index in [0.717, 1.165) is 106 Å². The average molecular weight is 871 g/mol. The first-order valence-corrected chi connectivity index (χ1v) is 22.8. The van der Waals surface area contributed by atoms with Gasteiger partial charge in [-0.3, -0.25) is 34.2 Å². The van der Waals surface area contributed by atoms with Crippen LogP contribution in [0.4, 0.5) is 11.5 Å². The van der Waals surface area contributed by atoms with E-state index in [1.807, 2.05) is 25.1 Å². The number of nitriles is 1. The molecular weight excluding hydrogens is 816 g/mol. The van der Waals surface area contributed by atoms with E-state index in [0.29, 0.717) is 39.8 Å². The van der Waals surface area contributed by atoms with E-state index in [-0.39, 0.29) is 42.3 Å². The largest absolute Gasteiger partial charge is 0.490 e. The monoisotopic (exact) mass is 870 g/mol. The highest BCUT2D eigenvalue weighted by Gasteiger charge is 2.45. The predicted octanol–water partition coefficient (Wildman–Crippen LogP) is 8.62. The number of benzene rings is 2. The van der Waals surface area contributed by atoms with Crippen molar-refractivity contribution in [3.05, 3.63) is 93.7 Å². The van der Waals surface area contributed by atoms with Gasteiger partial charge in [0.15, 0.2) is 0 Å². The molecule has 1 aromatic heterocycles. The van der Waals surface area contributed by atoms with Crippen LogP contribution in [0.15, 0.2) is 60.7 Å². The Hall–Kier alpha value is -5.98. The van der Waals surface area contributed by atoms with Crippen molar-refractivity contribution >= 4 is 52.5 Å². The molecule has 7 rings (SSSR count). The van der Waals surface area contributed by atoms with Crippen molar-refractivity contribution in [2.45, 2.75) is 122 Å². The number of nitrogens with one attached hydrogen (secondary N) is 2. The fourth-order valence-electron chi connectivity index (χ4n) is 9.26. The van der Waals surface area contributed by atoms with Gasteiger partial charge in [0.05, 0.1) is 39.1 Å². The Labute approximate surface area is 374 Å². The number of hydrogen-bond donors (Lipinski definition) is 2. The van der Waals surface area contributed by atoms with Crippen molar-refractivity contribution in [3.63, 3.8) is 0 Å². The number of fused-ring (bicyclic) bond motifs is 1. The third kappa shape index (κ3) is 10.8. The van der Waals surface area contributed by atoms with Crippen LogP contribution in [-0.2, 0) is 16.0 Å². The molecule has 2 unspecified atom stereocenters. The highest BCUT2D eigenvalue weighted by molar-refractivity contribution is 6.31. The van der Waals surface area contributed by atoms with Crippen molar-refractivity contribution in [1.82, 2.24) is 15.2 Å². The number of Topliss-reactive ketones (excluding diaryl/α,β-unsaturated/α-hetero) is 1. The maximum Gasteiger partial charge on any atom is 0.262 e. The van der Waals surface area contributed by atoms with Gasteiger partial charge < -0.3 is 15.0 Å². The number of imide groups is 2. The number of anilines is 2. The van der Waals surface area contributed by atoms with Gasteiger partial charge in [0.2, 0.25) is 17.6 Å². The summed E-state index contributed by atoms with van der Waals surface area (Å²) in [4.78, 5) is 72.1. The lowest BCUT2D eigenvalue weighted by molar-refractivity contribution is -0.136. The maximum atomic E-state index is 13.4. The number of halogens is 1. The van der Waals surface area contributed by atoms with Gasteiger partial charge in [-0.05, 0) is 131 Å². The van der Waals surface area contributed by atoms with Gasteiger partial charge in [-0.2, -0.15) is 5.26 Å². The molecule has 0 spiro atoms. The molecule has 0 radical (unpaired) electrons. The highest BCUT2D eigenvalue weighted by Crippen LogP contribution is 2.34. The number of hydrogen-bond acceptors (Lipinski definition) is 10. The standard InChI is InChI=1S/C50H55ClN6O6/c1-4-6-35(53-46-21-18-40(43(5-2)54-46)45(58)20-10-32-8-14-37(15-9-32)63-38-16-11-34(30-52)42(51)29-38)12-7-31(3)27-33-23-25-56(26-24-33)36-13-17-39-41(28-36)50(62)57(49(39)61)44-19-22-47(59)55-48(44)60/h11,13,16-18,21,28-29,32-33,35,37,44H,3-9,12,14-15,19,22-27H2,1-2H3,(H,53,54)(H,55,59,60)/t32-,35?,37-,44?. The Morgan fingerprint density at radius 1 is 0.968 bits per heavy atom. The summed E-state index contributed by atoms with van der Waals surface area (Å²) in [5, 5.41) is 15.4. The van der Waals surface area contributed by atoms with Gasteiger partial charge in [-0.15, -0.1) is 0 Å². The molecule has 2 N–H and O–H groups in total. The number of rotatable bonds is 15. The fourth-order valence-corrected chi connectivity index (χ4v) is 9.47. The average Bonchev–Trinajstić information content (AvgIpc) is 3.53. The Morgan fingerprint density at radius 2 is 1.73 bits per heavy atom. The molecular formula is C50H55ClN6O6. The van der Waals surface area contributed by atoms with E-state index in [9.17, 15) is 24.0 Å². The molecule has 3 fully saturated rings. The summed E-state index contributed by atoms with van der Waals surface area (Å²) in [7, 11) is 0. The van der Waals surface area contributed by atoms with Gasteiger partial charge in [0, 0.05) is 43.2 Å². The number of carbonyl (C=O) groups is 5. The first kappa shape index (κ1) is 45.1. The quantitative estimate of drug-likeness (QED) is 0.0497. The minimum atomic E-state index is -0.981. The summed E-state index contributed by atoms with van der Waals surface area (Å²) in [5.41, 5.74) is 4.40. The van der Waals surface area contributed by atoms with E-state index in [2.05, 4.69) is 46.9 Å². The van der Waals surface area contributed by atoms with Gasteiger partial charge in [0.25, 0.3) is 11.8 Å². The lowest BCUT2D eigenvalue weighted by Gasteiger charge is -2.34. The summed E-state index contributed by atoms with van der Waals surface area (Å²) < 4.78 is 6.11. The third-order valence-corrected chi connectivity index (χ3v) is 13.1. The van der Waals surface area contributed by atoms with Crippen LogP contribution >= 0.6 is 11.6 Å². The number of aromatic nitrogens is 1. The normalized spacial score (nSPS) is 20.6. The summed E-state index contributed by atoms with van der Waals surface area (Å²) in [5.74, 6) is 5.97. The van der Waals surface area contributed by atoms with E-state index in [1.54, 1.807) is 30.3 Å². The third-order valence-electron chi connectivity index (χ3n) is 12.8. The number of nitrogens with zero attached hydrogens (tertiary/aromatic N) is 4. The van der Waals surface area contributed by atoms with Crippen LogP contribution in [0, 0.1) is 35.0 Å². The van der Waals surface area contributed by atoms with Crippen LogP contribution in [0.1, 0.15) is 140 Å². The number of piperidine rings is 2. The lowest BCUT2D eigenvalue weighted by Crippen LogP contribution is -2.54. The second kappa shape index (κ2) is 20.5. The van der Waals surface area contributed by atoms with Crippen LogP contribution in [0.3, 0.4) is 0 Å². The van der Waals surface area contributed by atoms with Crippen LogP contribution in [0.25, 0.3) is 0 Å². The first-order chi connectivity index (χ1) is 30.4. The Bertz CT molecular complexity index is 2380. The SMILES string of the molecule is C=C(CCC(CCC)Nc1ccc(C(=O)C#C[C@H]2CC[C@H](Oc3ccc(C#N)c(Cl)c3)CC2)c(CC)n1)CC1CCN(c2ccc3c(c2)C(=O)N(C2CCC(=O)NC2=O)C3=O)CC1. The first-order valence-electron chi connectivity index (χ1n) is 22.4. The second-order valence-corrected chi connectivity index (χ2v) is 17.6. The molecule has 13 heteroatoms. The van der Waals surface area contributed by atoms with Crippen molar-refractivity contribution in [2.24, 2.45) is 11.8 Å². The Kier molecular flexibility index (Phi) is 14.6. The molecule has 4 amide bonds. The second-order valence-electron chi connectivity index (χ2n) is 17.2. The van der Waals surface area contributed by atoms with Crippen molar-refractivity contribution < 1.29 is 28.7 Å². The van der Waals surface area contributed by atoms with Gasteiger partial charge in [-0.25, -0.2) is 4.98 Å². The minimum Gasteiger partial charge on any atom is -0.490 e. The van der Waals surface area contributed by atoms with Gasteiger partial charge in [0.1, 0.15) is 23.7 Å². The molecule has 2 saturated heterocycles. The molecule has 1 saturated carbocycles. The van der Waals surface area contributed by atoms with Crippen LogP contribution < -0.4 is 20.3 Å². The lowest BCUT2D eigenvalue weighted by atomic mass is 9.87. The maximum absolute atomic E-state index is 13.4. The summed E-state index contributed by atoms with van der Waals surface area (Å²) >= 11 is 6.17. The molecule has 4 heterocycles. The molecule has 63 heavy (non-hydrogen) atoms. The molecule has 3 aliphatic heterocycles. The van der Waals surface area contributed by atoms with Crippen LogP contribution in [-0.4, -0.2) is 70.6 Å². The topological polar surface area (TPSA) is 162 Å². The predicted molar refractivity (Wildman–Crippen MR) is 242 cm³/mol. The number of ether oxygens (including phenoxy) is 1. The Morgan fingerprint density at radius 3 is 2.43 bits per heavy atom. The zero-order valence-corrected chi connectivity index (χ0v) is 36.9. The smallest absolute Gasteiger partial charge is 0.262 e. The van der Waals surface area contributed by atoms with Gasteiger partial charge in [-0.1, -0.05) is 49.9 Å². The van der Waals surface area contributed by atoms with Crippen molar-refractivity contribution in [3.8, 4) is 23.7 Å². The van der Waals surface area contributed by atoms with E-state index in [1.165, 1.54) is 5.57 Å². The molecule has 328 valence electrons. The molecule has 1 aliphatic carbocycles. The van der Waals surface area contributed by atoms with Gasteiger partial charge >= 0.3 is 0 Å². The van der Waals surface area contributed by atoms with E-state index in [4.69, 9.17) is 26.6 Å². The number of pyridine rings is 1. The molecule has 3 aromatic rings. The fraction of sp³-hybridized carbons (Fsp3) is 0.460. The summed E-state index contributed by atoms with van der Waals surface area (Å²) in [6.07, 6.45) is 10.9. The molecule has 4 aliphatic rings.